The molecular weight excluding hydrogens is 322 g/mol. The molecule has 2 atom stereocenters. The maximum atomic E-state index is 11.8. The molecule has 0 amide bonds. The van der Waals surface area contributed by atoms with Gasteiger partial charge in [-0.25, -0.2) is 0 Å². The monoisotopic (exact) mass is 343 g/mol. The van der Waals surface area contributed by atoms with Gasteiger partial charge < -0.3 is 14.4 Å². The van der Waals surface area contributed by atoms with Gasteiger partial charge in [-0.1, -0.05) is 42.5 Å². The normalized spacial score (nSPS) is 19.5. The second-order valence-corrected chi connectivity index (χ2v) is 6.58. The average Bonchev–Trinajstić information content (AvgIpc) is 2.73. The van der Waals surface area contributed by atoms with Gasteiger partial charge in [0.15, 0.2) is 0 Å². The van der Waals surface area contributed by atoms with E-state index < -0.39 is 0 Å². The quantitative estimate of drug-likeness (QED) is 0.615. The summed E-state index contributed by atoms with van der Waals surface area (Å²) in [7, 11) is 1.66. The summed E-state index contributed by atoms with van der Waals surface area (Å²) in [5, 5.41) is 2.40. The first-order chi connectivity index (χ1) is 12.8. The van der Waals surface area contributed by atoms with Crippen LogP contribution in [0.3, 0.4) is 0 Å². The molecule has 1 aliphatic heterocycles. The maximum absolute atomic E-state index is 11.8. The minimum atomic E-state index is -0.0803. The van der Waals surface area contributed by atoms with Crippen molar-refractivity contribution in [3.05, 3.63) is 84.6 Å². The third-order valence-electron chi connectivity index (χ3n) is 5.04. The van der Waals surface area contributed by atoms with Crippen LogP contribution in [0.15, 0.2) is 79.0 Å². The highest BCUT2D eigenvalue weighted by atomic mass is 16.5. The third-order valence-corrected chi connectivity index (χ3v) is 5.04. The first-order valence-corrected chi connectivity index (χ1v) is 8.83. The van der Waals surface area contributed by atoms with Crippen molar-refractivity contribution in [2.75, 3.05) is 12.0 Å². The van der Waals surface area contributed by atoms with Crippen LogP contribution >= 0.6 is 0 Å². The Morgan fingerprint density at radius 3 is 2.50 bits per heavy atom. The zero-order valence-corrected chi connectivity index (χ0v) is 14.7. The molecule has 0 N–H and O–H groups in total. The van der Waals surface area contributed by atoms with E-state index in [2.05, 4.69) is 47.5 Å². The van der Waals surface area contributed by atoms with Gasteiger partial charge in [-0.3, -0.25) is 0 Å². The number of carbonyl (C=O) groups excluding carboxylic acids is 1. The summed E-state index contributed by atoms with van der Waals surface area (Å²) in [4.78, 5) is 14.0. The zero-order chi connectivity index (χ0) is 17.9. The van der Waals surface area contributed by atoms with Crippen molar-refractivity contribution >= 4 is 22.7 Å². The summed E-state index contributed by atoms with van der Waals surface area (Å²) in [5.74, 6) is 0.743. The Balaban J connectivity index is 1.79. The number of nitrogens with zero attached hydrogens (tertiary/aromatic N) is 1. The van der Waals surface area contributed by atoms with Gasteiger partial charge in [0.2, 0.25) is 0 Å². The highest BCUT2D eigenvalue weighted by Crippen LogP contribution is 2.38. The number of allylic oxidation sites excluding steroid dienone is 1. The van der Waals surface area contributed by atoms with Gasteiger partial charge in [0.1, 0.15) is 12.0 Å². The summed E-state index contributed by atoms with van der Waals surface area (Å²) < 4.78 is 5.27. The summed E-state index contributed by atoms with van der Waals surface area (Å²) >= 11 is 0. The molecule has 1 aliphatic rings. The van der Waals surface area contributed by atoms with Crippen LogP contribution in [0.1, 0.15) is 18.0 Å². The fourth-order valence-electron chi connectivity index (χ4n) is 3.69. The molecule has 0 radical (unpaired) electrons. The van der Waals surface area contributed by atoms with E-state index in [0.717, 1.165) is 29.7 Å². The number of carbonyl (C=O) groups is 1. The number of hydrogen-bond donors (Lipinski definition) is 0. The summed E-state index contributed by atoms with van der Waals surface area (Å²) in [6.07, 6.45) is 6.00. The Morgan fingerprint density at radius 2 is 1.77 bits per heavy atom. The fourth-order valence-corrected chi connectivity index (χ4v) is 3.69. The van der Waals surface area contributed by atoms with Crippen LogP contribution in [0.5, 0.6) is 5.75 Å². The minimum absolute atomic E-state index is 0.0181. The Labute approximate surface area is 153 Å². The standard InChI is InChI=1S/C23H21NO2/c1-26-22-12-10-21(11-13-22)24-14-4-7-20(16-25)23(24)19-9-8-17-5-2-3-6-18(17)15-19/h2-6,8-16,20,23H,7H2,1H3/t20-,23-/m1/s1. The number of rotatable bonds is 4. The maximum Gasteiger partial charge on any atom is 0.125 e. The SMILES string of the molecule is COc1ccc(N2C=CC[C@H](C=O)[C@H]2c2ccc3ccccc3c2)cc1. The fraction of sp³-hybridized carbons (Fsp3) is 0.174. The van der Waals surface area contributed by atoms with Gasteiger partial charge >= 0.3 is 0 Å². The molecule has 0 aliphatic carbocycles. The van der Waals surface area contributed by atoms with Crippen LogP contribution in [0.4, 0.5) is 5.69 Å². The lowest BCUT2D eigenvalue weighted by atomic mass is 9.86. The molecule has 0 saturated heterocycles. The third kappa shape index (κ3) is 2.97. The van der Waals surface area contributed by atoms with Crippen LogP contribution in [-0.4, -0.2) is 13.4 Å². The van der Waals surface area contributed by atoms with E-state index in [1.54, 1.807) is 7.11 Å². The topological polar surface area (TPSA) is 29.5 Å². The van der Waals surface area contributed by atoms with E-state index in [1.807, 2.05) is 36.4 Å². The predicted octanol–water partition coefficient (Wildman–Crippen LogP) is 5.13. The van der Waals surface area contributed by atoms with Crippen LogP contribution in [0, 0.1) is 5.92 Å². The molecule has 0 unspecified atom stereocenters. The molecule has 0 bridgehead atoms. The Hall–Kier alpha value is -3.07. The molecule has 26 heavy (non-hydrogen) atoms. The van der Waals surface area contributed by atoms with Crippen molar-refractivity contribution in [3.8, 4) is 5.75 Å². The van der Waals surface area contributed by atoms with Crippen LogP contribution < -0.4 is 9.64 Å². The van der Waals surface area contributed by atoms with Gasteiger partial charge in [0, 0.05) is 17.8 Å². The van der Waals surface area contributed by atoms with Crippen LogP contribution in [0.25, 0.3) is 10.8 Å². The van der Waals surface area contributed by atoms with E-state index in [4.69, 9.17) is 4.74 Å². The summed E-state index contributed by atoms with van der Waals surface area (Å²) in [6.45, 7) is 0. The van der Waals surface area contributed by atoms with Gasteiger partial charge in [-0.05, 0) is 53.1 Å². The smallest absolute Gasteiger partial charge is 0.125 e. The Morgan fingerprint density at radius 1 is 1.00 bits per heavy atom. The van der Waals surface area contributed by atoms with Gasteiger partial charge in [-0.15, -0.1) is 0 Å². The predicted molar refractivity (Wildman–Crippen MR) is 105 cm³/mol. The summed E-state index contributed by atoms with van der Waals surface area (Å²) in [6, 6.07) is 22.7. The molecule has 0 spiro atoms. The number of benzene rings is 3. The molecule has 0 fully saturated rings. The number of fused-ring (bicyclic) bond motifs is 1. The van der Waals surface area contributed by atoms with Crippen molar-refractivity contribution < 1.29 is 9.53 Å². The minimum Gasteiger partial charge on any atom is -0.497 e. The van der Waals surface area contributed by atoms with E-state index >= 15 is 0 Å². The highest BCUT2D eigenvalue weighted by Gasteiger charge is 2.30. The van der Waals surface area contributed by atoms with E-state index in [-0.39, 0.29) is 12.0 Å². The Bertz CT molecular complexity index is 946. The molecule has 0 saturated carbocycles. The van der Waals surface area contributed by atoms with Crippen molar-refractivity contribution in [1.29, 1.82) is 0 Å². The molecule has 3 heteroatoms. The highest BCUT2D eigenvalue weighted by molar-refractivity contribution is 5.83. The van der Waals surface area contributed by atoms with Crippen molar-refractivity contribution in [1.82, 2.24) is 0 Å². The van der Waals surface area contributed by atoms with Gasteiger partial charge in [-0.2, -0.15) is 0 Å². The molecule has 3 aromatic rings. The van der Waals surface area contributed by atoms with Gasteiger partial charge in [0.25, 0.3) is 0 Å². The molecule has 3 nitrogen and oxygen atoms in total. The molecule has 0 aromatic heterocycles. The largest absolute Gasteiger partial charge is 0.497 e. The molecule has 3 aromatic carbocycles. The lowest BCUT2D eigenvalue weighted by molar-refractivity contribution is -0.111. The first-order valence-electron chi connectivity index (χ1n) is 8.83. The van der Waals surface area contributed by atoms with Crippen LogP contribution in [-0.2, 0) is 4.79 Å². The second kappa shape index (κ2) is 7.04. The van der Waals surface area contributed by atoms with Gasteiger partial charge in [0.05, 0.1) is 13.2 Å². The van der Waals surface area contributed by atoms with Crippen molar-refractivity contribution in [2.45, 2.75) is 12.5 Å². The molecule has 4 rings (SSSR count). The number of ether oxygens (including phenoxy) is 1. The number of methoxy groups -OCH3 is 1. The number of aldehydes is 1. The molecular formula is C23H21NO2. The zero-order valence-electron chi connectivity index (χ0n) is 14.7. The lowest BCUT2D eigenvalue weighted by Crippen LogP contribution is -2.33. The Kier molecular flexibility index (Phi) is 4.44. The van der Waals surface area contributed by atoms with E-state index in [0.29, 0.717) is 0 Å². The lowest BCUT2D eigenvalue weighted by Gasteiger charge is -2.37. The van der Waals surface area contributed by atoms with Crippen LogP contribution in [0.2, 0.25) is 0 Å². The number of anilines is 1. The average molecular weight is 343 g/mol. The summed E-state index contributed by atoms with van der Waals surface area (Å²) in [5.41, 5.74) is 2.20. The van der Waals surface area contributed by atoms with Crippen molar-refractivity contribution in [2.24, 2.45) is 5.92 Å². The van der Waals surface area contributed by atoms with E-state index in [9.17, 15) is 4.79 Å². The second-order valence-electron chi connectivity index (χ2n) is 6.58. The molecule has 1 heterocycles. The molecule has 130 valence electrons. The number of hydrogen-bond acceptors (Lipinski definition) is 3. The first kappa shape index (κ1) is 16.4. The van der Waals surface area contributed by atoms with E-state index in [1.165, 1.54) is 10.8 Å². The van der Waals surface area contributed by atoms with Crippen molar-refractivity contribution in [3.63, 3.8) is 0 Å².